The van der Waals surface area contributed by atoms with Crippen LogP contribution in [-0.4, -0.2) is 30.6 Å². The second kappa shape index (κ2) is 7.37. The summed E-state index contributed by atoms with van der Waals surface area (Å²) in [7, 11) is 0. The van der Waals surface area contributed by atoms with Gasteiger partial charge in [-0.25, -0.2) is 0 Å². The molecular weight excluding hydrogens is 340 g/mol. The topological polar surface area (TPSA) is 81.4 Å². The van der Waals surface area contributed by atoms with Crippen LogP contribution in [0.4, 0.5) is 0 Å². The average molecular weight is 362 g/mol. The number of benzene rings is 3. The van der Waals surface area contributed by atoms with Crippen LogP contribution < -0.4 is 11.1 Å². The van der Waals surface area contributed by atoms with Crippen LogP contribution >= 0.6 is 0 Å². The summed E-state index contributed by atoms with van der Waals surface area (Å²) in [5, 5.41) is 7.12. The van der Waals surface area contributed by atoms with Crippen molar-refractivity contribution in [2.75, 3.05) is 6.61 Å². The van der Waals surface area contributed by atoms with E-state index in [2.05, 4.69) is 23.5 Å². The van der Waals surface area contributed by atoms with Gasteiger partial charge in [-0.05, 0) is 46.0 Å². The maximum atomic E-state index is 12.4. The van der Waals surface area contributed by atoms with E-state index in [1.165, 1.54) is 0 Å². The summed E-state index contributed by atoms with van der Waals surface area (Å²) in [4.78, 5) is 24.5. The molecule has 3 N–H and O–H groups in total. The Morgan fingerprint density at radius 1 is 1.07 bits per heavy atom. The van der Waals surface area contributed by atoms with Gasteiger partial charge in [-0.1, -0.05) is 48.5 Å². The molecule has 0 aliphatic carbocycles. The minimum Gasteiger partial charge on any atom is -0.368 e. The van der Waals surface area contributed by atoms with Crippen LogP contribution in [0.5, 0.6) is 0 Å². The number of carbonyl (C=O) groups is 2. The van der Waals surface area contributed by atoms with E-state index in [1.807, 2.05) is 36.4 Å². The van der Waals surface area contributed by atoms with Gasteiger partial charge in [0.1, 0.15) is 12.1 Å². The molecule has 27 heavy (non-hydrogen) atoms. The van der Waals surface area contributed by atoms with E-state index in [0.29, 0.717) is 19.4 Å². The van der Waals surface area contributed by atoms with Gasteiger partial charge in [0.15, 0.2) is 0 Å². The normalized spacial score (nSPS) is 17.9. The smallest absolute Gasteiger partial charge is 0.249 e. The first kappa shape index (κ1) is 17.5. The predicted molar refractivity (Wildman–Crippen MR) is 105 cm³/mol. The van der Waals surface area contributed by atoms with Crippen molar-refractivity contribution >= 4 is 33.4 Å². The first-order valence-electron chi connectivity index (χ1n) is 9.24. The van der Waals surface area contributed by atoms with Crippen molar-refractivity contribution in [1.82, 2.24) is 5.32 Å². The summed E-state index contributed by atoms with van der Waals surface area (Å²) in [5.41, 5.74) is 6.64. The predicted octanol–water partition coefficient (Wildman–Crippen LogP) is 2.68. The SMILES string of the molecule is NC(=O)[C@@H](Cc1c2ccccc2cc2ccccc12)NC(=O)[C@H]1CCCO1. The molecule has 1 heterocycles. The molecule has 1 fully saturated rings. The quantitative estimate of drug-likeness (QED) is 0.685. The van der Waals surface area contributed by atoms with Crippen molar-refractivity contribution in [3.8, 4) is 0 Å². The molecule has 3 aromatic rings. The van der Waals surface area contributed by atoms with Crippen LogP contribution in [0.2, 0.25) is 0 Å². The van der Waals surface area contributed by atoms with Crippen molar-refractivity contribution in [2.45, 2.75) is 31.4 Å². The molecule has 1 aliphatic heterocycles. The van der Waals surface area contributed by atoms with Crippen molar-refractivity contribution in [2.24, 2.45) is 5.73 Å². The summed E-state index contributed by atoms with van der Waals surface area (Å²) in [6.07, 6.45) is 1.38. The zero-order valence-electron chi connectivity index (χ0n) is 15.0. The van der Waals surface area contributed by atoms with Gasteiger partial charge in [0, 0.05) is 13.0 Å². The molecule has 0 unspecified atom stereocenters. The van der Waals surface area contributed by atoms with E-state index >= 15 is 0 Å². The largest absolute Gasteiger partial charge is 0.368 e. The standard InChI is InChI=1S/C22H22N2O3/c23-21(25)19(24-22(26)20-10-5-11-27-20)13-18-16-8-3-1-6-14(16)12-15-7-2-4-9-17(15)18/h1-4,6-9,12,19-20H,5,10-11,13H2,(H2,23,25)(H,24,26)/t19-,20-/m1/s1. The number of amides is 2. The fourth-order valence-electron chi connectivity index (χ4n) is 3.80. The fraction of sp³-hybridized carbons (Fsp3) is 0.273. The summed E-state index contributed by atoms with van der Waals surface area (Å²) in [6.45, 7) is 0.577. The van der Waals surface area contributed by atoms with Crippen LogP contribution in [0.25, 0.3) is 21.5 Å². The number of ether oxygens (including phenoxy) is 1. The lowest BCUT2D eigenvalue weighted by molar-refractivity contribution is -0.133. The molecular formula is C22H22N2O3. The van der Waals surface area contributed by atoms with E-state index in [0.717, 1.165) is 33.5 Å². The second-order valence-corrected chi connectivity index (χ2v) is 6.97. The summed E-state index contributed by atoms with van der Waals surface area (Å²) in [6, 6.07) is 17.5. The van der Waals surface area contributed by atoms with E-state index in [4.69, 9.17) is 10.5 Å². The number of fused-ring (bicyclic) bond motifs is 2. The van der Waals surface area contributed by atoms with Crippen molar-refractivity contribution in [3.05, 3.63) is 60.2 Å². The Balaban J connectivity index is 1.72. The molecule has 0 aromatic heterocycles. The third kappa shape index (κ3) is 3.51. The van der Waals surface area contributed by atoms with E-state index < -0.39 is 18.1 Å². The van der Waals surface area contributed by atoms with Gasteiger partial charge in [-0.3, -0.25) is 9.59 Å². The zero-order valence-corrected chi connectivity index (χ0v) is 15.0. The Hall–Kier alpha value is -2.92. The van der Waals surface area contributed by atoms with Gasteiger partial charge < -0.3 is 15.8 Å². The Labute approximate surface area is 157 Å². The van der Waals surface area contributed by atoms with Gasteiger partial charge in [0.25, 0.3) is 0 Å². The number of rotatable bonds is 5. The highest BCUT2D eigenvalue weighted by Gasteiger charge is 2.28. The van der Waals surface area contributed by atoms with E-state index in [1.54, 1.807) is 0 Å². The number of nitrogens with two attached hydrogens (primary N) is 1. The third-order valence-electron chi connectivity index (χ3n) is 5.17. The summed E-state index contributed by atoms with van der Waals surface area (Å²) >= 11 is 0. The van der Waals surface area contributed by atoms with E-state index in [-0.39, 0.29) is 5.91 Å². The number of hydrogen-bond donors (Lipinski definition) is 2. The maximum absolute atomic E-state index is 12.4. The molecule has 0 radical (unpaired) electrons. The average Bonchev–Trinajstić information content (AvgIpc) is 3.21. The minimum atomic E-state index is -0.782. The number of primary amides is 1. The lowest BCUT2D eigenvalue weighted by Gasteiger charge is -2.20. The zero-order chi connectivity index (χ0) is 18.8. The monoisotopic (exact) mass is 362 g/mol. The Morgan fingerprint density at radius 2 is 1.70 bits per heavy atom. The molecule has 0 saturated carbocycles. The van der Waals surface area contributed by atoms with Crippen LogP contribution in [0.15, 0.2) is 54.6 Å². The molecule has 3 aromatic carbocycles. The molecule has 4 rings (SSSR count). The van der Waals surface area contributed by atoms with Crippen molar-refractivity contribution < 1.29 is 14.3 Å². The maximum Gasteiger partial charge on any atom is 0.249 e. The molecule has 2 amide bonds. The molecule has 1 aliphatic rings. The Morgan fingerprint density at radius 3 is 2.26 bits per heavy atom. The Kier molecular flexibility index (Phi) is 4.77. The molecule has 138 valence electrons. The lowest BCUT2D eigenvalue weighted by atomic mass is 9.92. The number of nitrogens with one attached hydrogen (secondary N) is 1. The van der Waals surface area contributed by atoms with Crippen LogP contribution in [0, 0.1) is 0 Å². The fourth-order valence-corrected chi connectivity index (χ4v) is 3.80. The van der Waals surface area contributed by atoms with Gasteiger partial charge in [-0.15, -0.1) is 0 Å². The first-order valence-corrected chi connectivity index (χ1v) is 9.24. The molecule has 2 atom stereocenters. The van der Waals surface area contributed by atoms with Gasteiger partial charge in [-0.2, -0.15) is 0 Å². The third-order valence-corrected chi connectivity index (χ3v) is 5.17. The first-order chi connectivity index (χ1) is 13.1. The highest BCUT2D eigenvalue weighted by atomic mass is 16.5. The van der Waals surface area contributed by atoms with Crippen molar-refractivity contribution in [1.29, 1.82) is 0 Å². The Bertz CT molecular complexity index is 955. The minimum absolute atomic E-state index is 0.263. The molecule has 0 bridgehead atoms. The molecule has 0 spiro atoms. The molecule has 5 heteroatoms. The highest BCUT2D eigenvalue weighted by Crippen LogP contribution is 2.29. The summed E-state index contributed by atoms with van der Waals surface area (Å²) < 4.78 is 5.42. The van der Waals surface area contributed by atoms with Gasteiger partial charge in [0.05, 0.1) is 0 Å². The van der Waals surface area contributed by atoms with Crippen LogP contribution in [-0.2, 0) is 20.7 Å². The van der Waals surface area contributed by atoms with Crippen LogP contribution in [0.3, 0.4) is 0 Å². The highest BCUT2D eigenvalue weighted by molar-refractivity contribution is 6.03. The number of hydrogen-bond acceptors (Lipinski definition) is 3. The second-order valence-electron chi connectivity index (χ2n) is 6.97. The van der Waals surface area contributed by atoms with Gasteiger partial charge in [0.2, 0.25) is 11.8 Å². The van der Waals surface area contributed by atoms with Crippen molar-refractivity contribution in [3.63, 3.8) is 0 Å². The molecule has 1 saturated heterocycles. The lowest BCUT2D eigenvalue weighted by Crippen LogP contribution is -2.49. The van der Waals surface area contributed by atoms with E-state index in [9.17, 15) is 9.59 Å². The molecule has 5 nitrogen and oxygen atoms in total. The van der Waals surface area contributed by atoms with Crippen LogP contribution in [0.1, 0.15) is 18.4 Å². The summed E-state index contributed by atoms with van der Waals surface area (Å²) in [5.74, 6) is -0.806. The number of carbonyl (C=O) groups excluding carboxylic acids is 2. The van der Waals surface area contributed by atoms with Gasteiger partial charge >= 0.3 is 0 Å².